The summed E-state index contributed by atoms with van der Waals surface area (Å²) >= 11 is 0. The summed E-state index contributed by atoms with van der Waals surface area (Å²) in [5, 5.41) is 9.20. The molecule has 1 aliphatic heterocycles. The van der Waals surface area contributed by atoms with Gasteiger partial charge >= 0.3 is 0 Å². The van der Waals surface area contributed by atoms with E-state index in [2.05, 4.69) is 62.9 Å². The molecule has 1 aliphatic carbocycles. The Labute approximate surface area is 204 Å². The van der Waals surface area contributed by atoms with Crippen LogP contribution < -0.4 is 9.64 Å². The number of hydrogen-bond acceptors (Lipinski definition) is 7. The van der Waals surface area contributed by atoms with E-state index in [0.717, 1.165) is 72.0 Å². The van der Waals surface area contributed by atoms with Gasteiger partial charge in [0.25, 0.3) is 0 Å². The lowest BCUT2D eigenvalue weighted by Crippen LogP contribution is -2.31. The fourth-order valence-corrected chi connectivity index (χ4v) is 5.22. The number of hydrogen-bond donors (Lipinski definition) is 2. The molecule has 0 atom stereocenters. The molecule has 1 aromatic carbocycles. The molecular weight excluding hydrogens is 440 g/mol. The smallest absolute Gasteiger partial charge is 0.177 e. The molecule has 0 saturated carbocycles. The van der Waals surface area contributed by atoms with Crippen LogP contribution in [0.5, 0.6) is 5.75 Å². The molecular formula is C27H30N6O2. The SMILES string of the molecule is CC1(C)CCc2ncnc(N3CCOc4ccc(-c5cnc6nc(CCO)[nH]c6c5)cc4C3)c2C1. The van der Waals surface area contributed by atoms with Crippen molar-refractivity contribution in [1.82, 2.24) is 24.9 Å². The minimum Gasteiger partial charge on any atom is -0.491 e. The lowest BCUT2D eigenvalue weighted by Gasteiger charge is -2.33. The molecule has 0 spiro atoms. The number of benzene rings is 1. The van der Waals surface area contributed by atoms with Gasteiger partial charge in [-0.2, -0.15) is 0 Å². The number of aliphatic hydroxyl groups excluding tert-OH is 1. The molecule has 0 saturated heterocycles. The monoisotopic (exact) mass is 470 g/mol. The van der Waals surface area contributed by atoms with Crippen molar-refractivity contribution in [3.05, 3.63) is 59.4 Å². The molecule has 180 valence electrons. The van der Waals surface area contributed by atoms with Gasteiger partial charge in [-0.15, -0.1) is 0 Å². The van der Waals surface area contributed by atoms with Gasteiger partial charge in [-0.25, -0.2) is 19.9 Å². The fraction of sp³-hybridized carbons (Fsp3) is 0.407. The van der Waals surface area contributed by atoms with E-state index in [0.29, 0.717) is 18.7 Å². The number of fused-ring (bicyclic) bond motifs is 3. The molecule has 35 heavy (non-hydrogen) atoms. The van der Waals surface area contributed by atoms with E-state index in [1.165, 1.54) is 11.3 Å². The summed E-state index contributed by atoms with van der Waals surface area (Å²) < 4.78 is 6.14. The van der Waals surface area contributed by atoms with Gasteiger partial charge in [0.2, 0.25) is 0 Å². The quantitative estimate of drug-likeness (QED) is 0.467. The van der Waals surface area contributed by atoms with Crippen LogP contribution in [0, 0.1) is 5.41 Å². The summed E-state index contributed by atoms with van der Waals surface area (Å²) in [5.74, 6) is 2.70. The van der Waals surface area contributed by atoms with Gasteiger partial charge in [0.15, 0.2) is 5.65 Å². The highest BCUT2D eigenvalue weighted by Gasteiger charge is 2.30. The van der Waals surface area contributed by atoms with Gasteiger partial charge in [-0.3, -0.25) is 0 Å². The lowest BCUT2D eigenvalue weighted by atomic mass is 9.76. The number of nitrogens with one attached hydrogen (secondary N) is 1. The van der Waals surface area contributed by atoms with Crippen molar-refractivity contribution >= 4 is 17.0 Å². The lowest BCUT2D eigenvalue weighted by molar-refractivity contribution is 0.297. The molecule has 8 heteroatoms. The number of nitrogens with zero attached hydrogens (tertiary/aromatic N) is 5. The first-order valence-corrected chi connectivity index (χ1v) is 12.3. The van der Waals surface area contributed by atoms with Gasteiger partial charge in [0, 0.05) is 41.5 Å². The van der Waals surface area contributed by atoms with Gasteiger partial charge < -0.3 is 19.7 Å². The molecule has 6 rings (SSSR count). The zero-order valence-corrected chi connectivity index (χ0v) is 20.2. The van der Waals surface area contributed by atoms with Crippen LogP contribution >= 0.6 is 0 Å². The number of H-pyrrole nitrogens is 1. The van der Waals surface area contributed by atoms with E-state index in [1.807, 2.05) is 6.20 Å². The van der Waals surface area contributed by atoms with Crippen LogP contribution in [0.1, 0.15) is 42.9 Å². The van der Waals surface area contributed by atoms with Crippen LogP contribution in [-0.4, -0.2) is 49.8 Å². The summed E-state index contributed by atoms with van der Waals surface area (Å²) in [6.45, 7) is 6.84. The van der Waals surface area contributed by atoms with E-state index >= 15 is 0 Å². The van der Waals surface area contributed by atoms with Gasteiger partial charge in [-0.05, 0) is 48.4 Å². The number of anilines is 1. The van der Waals surface area contributed by atoms with Gasteiger partial charge in [0.1, 0.15) is 30.3 Å². The van der Waals surface area contributed by atoms with Crippen LogP contribution in [0.15, 0.2) is 36.8 Å². The van der Waals surface area contributed by atoms with Crippen molar-refractivity contribution in [3.8, 4) is 16.9 Å². The second kappa shape index (κ2) is 8.61. The van der Waals surface area contributed by atoms with E-state index in [-0.39, 0.29) is 12.0 Å². The van der Waals surface area contributed by atoms with Crippen LogP contribution in [0.3, 0.4) is 0 Å². The Kier molecular flexibility index (Phi) is 5.40. The third-order valence-corrected chi connectivity index (χ3v) is 7.11. The molecule has 0 radical (unpaired) electrons. The highest BCUT2D eigenvalue weighted by Crippen LogP contribution is 2.39. The zero-order chi connectivity index (χ0) is 24.0. The van der Waals surface area contributed by atoms with Crippen molar-refractivity contribution < 1.29 is 9.84 Å². The van der Waals surface area contributed by atoms with E-state index in [9.17, 15) is 5.11 Å². The average Bonchev–Trinajstić information content (AvgIpc) is 3.12. The Morgan fingerprint density at radius 1 is 1.14 bits per heavy atom. The number of imidazole rings is 1. The van der Waals surface area contributed by atoms with Crippen LogP contribution in [0.25, 0.3) is 22.3 Å². The number of rotatable bonds is 4. The summed E-state index contributed by atoms with van der Waals surface area (Å²) in [6.07, 6.45) is 7.21. The predicted octanol–water partition coefficient (Wildman–Crippen LogP) is 3.86. The maximum Gasteiger partial charge on any atom is 0.177 e. The number of aromatic nitrogens is 5. The van der Waals surface area contributed by atoms with Crippen molar-refractivity contribution in [1.29, 1.82) is 0 Å². The van der Waals surface area contributed by atoms with Crippen molar-refractivity contribution in [2.45, 2.75) is 46.1 Å². The second-order valence-corrected chi connectivity index (χ2v) is 10.3. The summed E-state index contributed by atoms with van der Waals surface area (Å²) in [6, 6.07) is 8.40. The second-order valence-electron chi connectivity index (χ2n) is 10.3. The van der Waals surface area contributed by atoms with Crippen LogP contribution in [0.2, 0.25) is 0 Å². The topological polar surface area (TPSA) is 100 Å². The highest BCUT2D eigenvalue weighted by atomic mass is 16.5. The van der Waals surface area contributed by atoms with E-state index < -0.39 is 0 Å². The minimum atomic E-state index is 0.0566. The molecule has 0 bridgehead atoms. The first-order valence-electron chi connectivity index (χ1n) is 12.3. The molecule has 4 heterocycles. The number of aliphatic hydroxyl groups is 1. The predicted molar refractivity (Wildman–Crippen MR) is 134 cm³/mol. The third-order valence-electron chi connectivity index (χ3n) is 7.11. The molecule has 0 unspecified atom stereocenters. The number of ether oxygens (including phenoxy) is 1. The maximum absolute atomic E-state index is 9.20. The minimum absolute atomic E-state index is 0.0566. The molecule has 4 aromatic rings. The fourth-order valence-electron chi connectivity index (χ4n) is 5.22. The molecule has 2 aliphatic rings. The van der Waals surface area contributed by atoms with Crippen LogP contribution in [0.4, 0.5) is 5.82 Å². The maximum atomic E-state index is 9.20. The Hall–Kier alpha value is -3.52. The Bertz CT molecular complexity index is 1400. The van der Waals surface area contributed by atoms with Crippen LogP contribution in [-0.2, 0) is 25.8 Å². The first kappa shape index (κ1) is 22.0. The molecule has 0 fully saturated rings. The normalized spacial score (nSPS) is 16.9. The molecule has 2 N–H and O–H groups in total. The van der Waals surface area contributed by atoms with Crippen molar-refractivity contribution in [2.24, 2.45) is 5.41 Å². The summed E-state index contributed by atoms with van der Waals surface area (Å²) in [5.41, 5.74) is 7.49. The van der Waals surface area contributed by atoms with Gasteiger partial charge in [-0.1, -0.05) is 19.9 Å². The number of aryl methyl sites for hydroxylation is 1. The highest BCUT2D eigenvalue weighted by molar-refractivity contribution is 5.78. The van der Waals surface area contributed by atoms with E-state index in [4.69, 9.17) is 9.72 Å². The first-order chi connectivity index (χ1) is 17.0. The Balaban J connectivity index is 1.33. The van der Waals surface area contributed by atoms with Crippen molar-refractivity contribution in [3.63, 3.8) is 0 Å². The van der Waals surface area contributed by atoms with Crippen molar-refractivity contribution in [2.75, 3.05) is 24.7 Å². The van der Waals surface area contributed by atoms with E-state index in [1.54, 1.807) is 6.33 Å². The average molecular weight is 471 g/mol. The summed E-state index contributed by atoms with van der Waals surface area (Å²) in [4.78, 5) is 23.9. The third kappa shape index (κ3) is 4.23. The largest absolute Gasteiger partial charge is 0.491 e. The van der Waals surface area contributed by atoms with Gasteiger partial charge in [0.05, 0.1) is 18.7 Å². The zero-order valence-electron chi connectivity index (χ0n) is 20.2. The summed E-state index contributed by atoms with van der Waals surface area (Å²) in [7, 11) is 0. The Morgan fingerprint density at radius 2 is 2.06 bits per heavy atom. The standard InChI is InChI=1S/C27H30N6O2/c1-27(2)7-5-21-20(13-27)26(30-16-29-21)33-8-10-35-23-4-3-17(11-19(23)15-33)18-12-22-25(28-14-18)32-24(31-22)6-9-34/h3-4,11-12,14,16,34H,5-10,13,15H2,1-2H3,(H,28,31,32). The number of pyridine rings is 1. The molecule has 3 aromatic heterocycles. The molecule has 8 nitrogen and oxygen atoms in total. The number of aromatic amines is 1. The Morgan fingerprint density at radius 3 is 2.94 bits per heavy atom. The molecule has 0 amide bonds.